The van der Waals surface area contributed by atoms with Crippen molar-refractivity contribution in [2.45, 2.75) is 12.5 Å². The molecule has 1 unspecified atom stereocenters. The van der Waals surface area contributed by atoms with Gasteiger partial charge in [-0.15, -0.1) is 0 Å². The normalized spacial score (nSPS) is 29.9. The molecule has 60 valence electrons. The summed E-state index contributed by atoms with van der Waals surface area (Å²) >= 11 is 0. The molecule has 0 aromatic carbocycles. The summed E-state index contributed by atoms with van der Waals surface area (Å²) in [5, 5.41) is 2.90. The second-order valence-corrected chi connectivity index (χ2v) is 2.52. The average Bonchev–Trinajstić information content (AvgIpc) is 2.13. The molecule has 1 N–H and O–H groups in total. The van der Waals surface area contributed by atoms with E-state index < -0.39 is 11.5 Å². The zero-order chi connectivity index (χ0) is 8.32. The lowest BCUT2D eigenvalue weighted by atomic mass is 10.1. The maximum Gasteiger partial charge on any atom is 0.212 e. The summed E-state index contributed by atoms with van der Waals surface area (Å²) < 4.78 is 12.7. The van der Waals surface area contributed by atoms with Crippen LogP contribution in [0.3, 0.4) is 0 Å². The lowest BCUT2D eigenvalue weighted by Gasteiger charge is -2.17. The van der Waals surface area contributed by atoms with Crippen LogP contribution in [0, 0.1) is 0 Å². The van der Waals surface area contributed by atoms with Crippen molar-refractivity contribution in [3.63, 3.8) is 0 Å². The monoisotopic (exact) mass is 155 g/mol. The first-order valence-corrected chi connectivity index (χ1v) is 3.30. The van der Waals surface area contributed by atoms with E-state index in [0.29, 0.717) is 0 Å². The smallest absolute Gasteiger partial charge is 0.212 e. The number of halogens is 1. The molecule has 1 aliphatic rings. The molecular formula is C7H10FN3. The van der Waals surface area contributed by atoms with E-state index in [4.69, 9.17) is 0 Å². The van der Waals surface area contributed by atoms with Gasteiger partial charge >= 0.3 is 0 Å². The fraction of sp³-hybridized carbons (Fsp3) is 0.429. The minimum absolute atomic E-state index is 0.514. The molecule has 0 aromatic rings. The van der Waals surface area contributed by atoms with Gasteiger partial charge in [-0.05, 0) is 20.0 Å². The lowest BCUT2D eigenvalue weighted by molar-refractivity contribution is 0.577. The van der Waals surface area contributed by atoms with Crippen molar-refractivity contribution in [2.24, 2.45) is 9.98 Å². The van der Waals surface area contributed by atoms with Gasteiger partial charge in [0.15, 0.2) is 0 Å². The van der Waals surface area contributed by atoms with Crippen LogP contribution in [0.4, 0.5) is 4.39 Å². The van der Waals surface area contributed by atoms with Crippen LogP contribution in [0.15, 0.2) is 22.0 Å². The molecular weight excluding hydrogens is 145 g/mol. The minimum Gasteiger partial charge on any atom is -0.307 e. The Bertz CT molecular complexity index is 232. The van der Waals surface area contributed by atoms with E-state index in [-0.39, 0.29) is 0 Å². The molecule has 0 amide bonds. The highest BCUT2D eigenvalue weighted by Gasteiger charge is 2.18. The Kier molecular flexibility index (Phi) is 2.14. The molecule has 0 aromatic heterocycles. The Morgan fingerprint density at radius 1 is 1.64 bits per heavy atom. The van der Waals surface area contributed by atoms with E-state index in [0.717, 1.165) is 0 Å². The average molecular weight is 155 g/mol. The van der Waals surface area contributed by atoms with Crippen LogP contribution in [0.25, 0.3) is 0 Å². The number of rotatable bonds is 1. The molecule has 1 rings (SSSR count). The predicted octanol–water partition coefficient (Wildman–Crippen LogP) is 0.888. The topological polar surface area (TPSA) is 36.8 Å². The number of hydrogen-bond acceptors (Lipinski definition) is 3. The number of nitrogens with zero attached hydrogens (tertiary/aromatic N) is 2. The highest BCUT2D eigenvalue weighted by Crippen LogP contribution is 2.10. The minimum atomic E-state index is -0.527. The van der Waals surface area contributed by atoms with Crippen molar-refractivity contribution in [3.05, 3.63) is 12.0 Å². The van der Waals surface area contributed by atoms with E-state index in [2.05, 4.69) is 15.3 Å². The number of likely N-dealkylation sites (N-methyl/N-ethyl adjacent to an activating group) is 1. The Hall–Kier alpha value is -1.03. The fourth-order valence-electron chi connectivity index (χ4n) is 0.735. The quantitative estimate of drug-likeness (QED) is 0.561. The largest absolute Gasteiger partial charge is 0.307 e. The summed E-state index contributed by atoms with van der Waals surface area (Å²) in [5.74, 6) is -0.514. The summed E-state index contributed by atoms with van der Waals surface area (Å²) in [6.45, 7) is 1.81. The van der Waals surface area contributed by atoms with Crippen molar-refractivity contribution >= 4 is 12.6 Å². The molecule has 3 nitrogen and oxygen atoms in total. The summed E-state index contributed by atoms with van der Waals surface area (Å²) in [6, 6.07) is 0. The molecule has 0 aliphatic carbocycles. The van der Waals surface area contributed by atoms with Crippen LogP contribution in [-0.4, -0.2) is 25.1 Å². The number of aliphatic imine (C=N–C) groups is 2. The molecule has 1 atom stereocenters. The molecule has 1 aliphatic heterocycles. The zero-order valence-electron chi connectivity index (χ0n) is 6.50. The van der Waals surface area contributed by atoms with Gasteiger partial charge in [0.05, 0.1) is 5.54 Å². The maximum atomic E-state index is 12.7. The first-order valence-electron chi connectivity index (χ1n) is 3.30. The maximum absolute atomic E-state index is 12.7. The van der Waals surface area contributed by atoms with E-state index in [9.17, 15) is 4.39 Å². The van der Waals surface area contributed by atoms with Crippen molar-refractivity contribution in [1.29, 1.82) is 0 Å². The SMILES string of the molecule is CNC1(C)C=NC=NC(F)=C1. The van der Waals surface area contributed by atoms with Crippen LogP contribution in [0.1, 0.15) is 6.92 Å². The van der Waals surface area contributed by atoms with E-state index >= 15 is 0 Å². The van der Waals surface area contributed by atoms with Gasteiger partial charge in [0.1, 0.15) is 6.34 Å². The first kappa shape index (κ1) is 8.07. The summed E-state index contributed by atoms with van der Waals surface area (Å²) in [6.07, 6.45) is 4.16. The molecule has 0 saturated carbocycles. The van der Waals surface area contributed by atoms with Crippen LogP contribution >= 0.6 is 0 Å². The number of nitrogens with one attached hydrogen (secondary N) is 1. The van der Waals surface area contributed by atoms with Crippen molar-refractivity contribution in [2.75, 3.05) is 7.05 Å². The van der Waals surface area contributed by atoms with Crippen molar-refractivity contribution in [1.82, 2.24) is 5.32 Å². The van der Waals surface area contributed by atoms with Crippen molar-refractivity contribution < 1.29 is 4.39 Å². The molecule has 1 heterocycles. The standard InChI is InChI=1S/C7H10FN3/c1-7(9-2)3-6(8)11-5-10-4-7/h3-5,9H,1-2H3. The molecule has 0 bridgehead atoms. The highest BCUT2D eigenvalue weighted by molar-refractivity contribution is 5.82. The zero-order valence-corrected chi connectivity index (χ0v) is 6.50. The number of hydrogen-bond donors (Lipinski definition) is 1. The van der Waals surface area contributed by atoms with Crippen LogP contribution in [0.5, 0.6) is 0 Å². The second-order valence-electron chi connectivity index (χ2n) is 2.52. The Balaban J connectivity index is 2.92. The lowest BCUT2D eigenvalue weighted by Crippen LogP contribution is -2.39. The van der Waals surface area contributed by atoms with Crippen LogP contribution in [0.2, 0.25) is 0 Å². The Morgan fingerprint density at radius 2 is 2.36 bits per heavy atom. The van der Waals surface area contributed by atoms with Gasteiger partial charge in [0, 0.05) is 6.21 Å². The molecule has 4 heteroatoms. The van der Waals surface area contributed by atoms with E-state index in [1.54, 1.807) is 13.3 Å². The molecule has 0 fully saturated rings. The second kappa shape index (κ2) is 2.92. The molecule has 0 radical (unpaired) electrons. The van der Waals surface area contributed by atoms with E-state index in [1.165, 1.54) is 12.4 Å². The van der Waals surface area contributed by atoms with Gasteiger partial charge in [-0.1, -0.05) is 0 Å². The van der Waals surface area contributed by atoms with Crippen molar-refractivity contribution in [3.8, 4) is 0 Å². The van der Waals surface area contributed by atoms with Crippen LogP contribution < -0.4 is 5.32 Å². The van der Waals surface area contributed by atoms with Gasteiger partial charge in [0.25, 0.3) is 0 Å². The summed E-state index contributed by atoms with van der Waals surface area (Å²) in [4.78, 5) is 7.17. The Morgan fingerprint density at radius 3 is 3.00 bits per heavy atom. The van der Waals surface area contributed by atoms with Crippen LogP contribution in [-0.2, 0) is 0 Å². The summed E-state index contributed by atoms with van der Waals surface area (Å²) in [7, 11) is 1.74. The third kappa shape index (κ3) is 1.94. The molecule has 11 heavy (non-hydrogen) atoms. The third-order valence-corrected chi connectivity index (χ3v) is 1.55. The van der Waals surface area contributed by atoms with Gasteiger partial charge < -0.3 is 5.32 Å². The molecule has 0 saturated heterocycles. The first-order chi connectivity index (χ1) is 5.16. The van der Waals surface area contributed by atoms with Gasteiger partial charge in [0.2, 0.25) is 5.95 Å². The third-order valence-electron chi connectivity index (χ3n) is 1.55. The van der Waals surface area contributed by atoms with Gasteiger partial charge in [-0.25, -0.2) is 9.98 Å². The van der Waals surface area contributed by atoms with Gasteiger partial charge in [-0.3, -0.25) is 0 Å². The van der Waals surface area contributed by atoms with E-state index in [1.807, 2.05) is 6.92 Å². The summed E-state index contributed by atoms with van der Waals surface area (Å²) in [5.41, 5.74) is -0.527. The Labute approximate surface area is 64.7 Å². The van der Waals surface area contributed by atoms with Gasteiger partial charge in [-0.2, -0.15) is 4.39 Å². The molecule has 0 spiro atoms. The predicted molar refractivity (Wildman–Crippen MR) is 43.6 cm³/mol. The fourth-order valence-corrected chi connectivity index (χ4v) is 0.735. The highest BCUT2D eigenvalue weighted by atomic mass is 19.1.